The van der Waals surface area contributed by atoms with Gasteiger partial charge in [-0.05, 0) is 35.7 Å². The van der Waals surface area contributed by atoms with Crippen LogP contribution in [0.3, 0.4) is 0 Å². The van der Waals surface area contributed by atoms with E-state index in [1.165, 1.54) is 23.4 Å². The molecule has 2 saturated heterocycles. The smallest absolute Gasteiger partial charge is 0.228 e. The highest BCUT2D eigenvalue weighted by molar-refractivity contribution is 5.82. The van der Waals surface area contributed by atoms with Gasteiger partial charge in [-0.3, -0.25) is 9.69 Å². The van der Waals surface area contributed by atoms with Crippen LogP contribution in [-0.2, 0) is 22.5 Å². The number of hydrogen-bond acceptors (Lipinski definition) is 5. The van der Waals surface area contributed by atoms with Gasteiger partial charge in [-0.25, -0.2) is 4.39 Å². The van der Waals surface area contributed by atoms with E-state index in [1.54, 1.807) is 7.11 Å². The zero-order valence-electron chi connectivity index (χ0n) is 18.5. The quantitative estimate of drug-likeness (QED) is 0.733. The van der Waals surface area contributed by atoms with Gasteiger partial charge in [-0.1, -0.05) is 18.2 Å². The van der Waals surface area contributed by atoms with Crippen LogP contribution in [0.15, 0.2) is 42.5 Å². The molecule has 3 aliphatic heterocycles. The highest BCUT2D eigenvalue weighted by Crippen LogP contribution is 2.39. The maximum absolute atomic E-state index is 13.6. The molecule has 6 nitrogen and oxygen atoms in total. The molecule has 2 aromatic carbocycles. The zero-order valence-corrected chi connectivity index (χ0v) is 18.5. The fourth-order valence-corrected chi connectivity index (χ4v) is 5.26. The first kappa shape index (κ1) is 21.2. The molecule has 0 aromatic heterocycles. The number of hydrogen-bond donors (Lipinski definition) is 0. The molecule has 0 radical (unpaired) electrons. The number of piperazine rings is 1. The second-order valence-electron chi connectivity index (χ2n) is 8.87. The second-order valence-corrected chi connectivity index (χ2v) is 8.87. The second kappa shape index (κ2) is 9.08. The molecule has 170 valence electrons. The molecule has 0 unspecified atom stereocenters. The molecular weight excluding hydrogens is 409 g/mol. The van der Waals surface area contributed by atoms with E-state index in [0.29, 0.717) is 26.3 Å². The number of rotatable bonds is 4. The monoisotopic (exact) mass is 439 g/mol. The average molecular weight is 440 g/mol. The van der Waals surface area contributed by atoms with Gasteiger partial charge >= 0.3 is 0 Å². The molecule has 2 atom stereocenters. The Bertz CT molecular complexity index is 961. The van der Waals surface area contributed by atoms with E-state index in [-0.39, 0.29) is 23.7 Å². The zero-order chi connectivity index (χ0) is 22.1. The third-order valence-electron chi connectivity index (χ3n) is 6.97. The van der Waals surface area contributed by atoms with Crippen molar-refractivity contribution in [2.75, 3.05) is 57.9 Å². The van der Waals surface area contributed by atoms with E-state index in [0.717, 1.165) is 43.9 Å². The van der Waals surface area contributed by atoms with Gasteiger partial charge in [0.05, 0.1) is 32.3 Å². The fourth-order valence-electron chi connectivity index (χ4n) is 5.26. The number of amides is 1. The maximum atomic E-state index is 13.6. The first-order valence-electron chi connectivity index (χ1n) is 11.4. The maximum Gasteiger partial charge on any atom is 0.228 e. The van der Waals surface area contributed by atoms with Crippen LogP contribution in [-0.4, -0.2) is 74.8 Å². The van der Waals surface area contributed by atoms with Crippen molar-refractivity contribution < 1.29 is 18.7 Å². The lowest BCUT2D eigenvalue weighted by atomic mass is 9.82. The van der Waals surface area contributed by atoms with Gasteiger partial charge in [0.15, 0.2) is 0 Å². The lowest BCUT2D eigenvalue weighted by Crippen LogP contribution is -2.61. The minimum absolute atomic E-state index is 0.0926. The molecule has 2 fully saturated rings. The van der Waals surface area contributed by atoms with Gasteiger partial charge in [0.2, 0.25) is 5.91 Å². The Kier molecular flexibility index (Phi) is 6.02. The highest BCUT2D eigenvalue weighted by Gasteiger charge is 2.43. The van der Waals surface area contributed by atoms with Crippen molar-refractivity contribution in [1.82, 2.24) is 9.80 Å². The molecule has 32 heavy (non-hydrogen) atoms. The molecule has 3 heterocycles. The number of ether oxygens (including phenoxy) is 2. The van der Waals surface area contributed by atoms with E-state index in [1.807, 2.05) is 23.1 Å². The van der Waals surface area contributed by atoms with E-state index in [2.05, 4.69) is 21.9 Å². The van der Waals surface area contributed by atoms with E-state index >= 15 is 0 Å². The van der Waals surface area contributed by atoms with Gasteiger partial charge in [0.25, 0.3) is 0 Å². The third kappa shape index (κ3) is 4.19. The van der Waals surface area contributed by atoms with Crippen molar-refractivity contribution in [2.24, 2.45) is 5.92 Å². The van der Waals surface area contributed by atoms with Crippen LogP contribution in [0.5, 0.6) is 5.75 Å². The highest BCUT2D eigenvalue weighted by atomic mass is 19.1. The lowest BCUT2D eigenvalue weighted by molar-refractivity contribution is -0.141. The summed E-state index contributed by atoms with van der Waals surface area (Å²) in [5.41, 5.74) is 3.48. The first-order valence-corrected chi connectivity index (χ1v) is 11.4. The molecule has 0 N–H and O–H groups in total. The van der Waals surface area contributed by atoms with Crippen LogP contribution in [0, 0.1) is 11.7 Å². The summed E-state index contributed by atoms with van der Waals surface area (Å²) in [6.07, 6.45) is 0.737. The van der Waals surface area contributed by atoms with Crippen LogP contribution in [0.25, 0.3) is 0 Å². The normalized spacial score (nSPS) is 23.4. The summed E-state index contributed by atoms with van der Waals surface area (Å²) in [5, 5.41) is 0. The van der Waals surface area contributed by atoms with E-state index < -0.39 is 0 Å². The number of morpholine rings is 1. The summed E-state index contributed by atoms with van der Waals surface area (Å²) in [6.45, 7) is 5.84. The summed E-state index contributed by atoms with van der Waals surface area (Å²) < 4.78 is 24.3. The number of methoxy groups -OCH3 is 1. The Balaban J connectivity index is 1.41. The first-order chi connectivity index (χ1) is 15.6. The van der Waals surface area contributed by atoms with Crippen molar-refractivity contribution in [3.8, 4) is 5.75 Å². The third-order valence-corrected chi connectivity index (χ3v) is 6.97. The molecule has 0 saturated carbocycles. The SMILES string of the molecule is COc1ccc2c(c1)N1CCN(Cc3ccc(F)cc3)C[C@@H]1[C@@H](C(=O)N1CCOCC1)C2. The van der Waals surface area contributed by atoms with Gasteiger partial charge in [0, 0.05) is 51.0 Å². The van der Waals surface area contributed by atoms with Crippen LogP contribution >= 0.6 is 0 Å². The Labute approximate surface area is 188 Å². The van der Waals surface area contributed by atoms with Crippen LogP contribution in [0.4, 0.5) is 10.1 Å². The number of fused-ring (bicyclic) bond motifs is 3. The van der Waals surface area contributed by atoms with Crippen LogP contribution in [0.1, 0.15) is 11.1 Å². The predicted molar refractivity (Wildman–Crippen MR) is 120 cm³/mol. The number of halogens is 1. The number of carbonyl (C=O) groups is 1. The Morgan fingerprint density at radius 3 is 2.62 bits per heavy atom. The average Bonchev–Trinajstić information content (AvgIpc) is 2.84. The Hall–Kier alpha value is -2.64. The van der Waals surface area contributed by atoms with Crippen LogP contribution < -0.4 is 9.64 Å². The largest absolute Gasteiger partial charge is 0.497 e. The lowest BCUT2D eigenvalue weighted by Gasteiger charge is -2.50. The molecule has 1 amide bonds. The van der Waals surface area contributed by atoms with Gasteiger partial charge in [-0.15, -0.1) is 0 Å². The molecule has 0 aliphatic carbocycles. The fraction of sp³-hybridized carbons (Fsp3) is 0.480. The summed E-state index contributed by atoms with van der Waals surface area (Å²) in [4.78, 5) is 20.4. The topological polar surface area (TPSA) is 45.2 Å². The predicted octanol–water partition coefficient (Wildman–Crippen LogP) is 2.56. The summed E-state index contributed by atoms with van der Waals surface area (Å²) in [7, 11) is 1.69. The van der Waals surface area contributed by atoms with Crippen molar-refractivity contribution >= 4 is 11.6 Å². The van der Waals surface area contributed by atoms with Gasteiger partial charge in [0.1, 0.15) is 11.6 Å². The number of anilines is 1. The van der Waals surface area contributed by atoms with Gasteiger partial charge < -0.3 is 19.3 Å². The molecule has 0 bridgehead atoms. The Morgan fingerprint density at radius 2 is 1.88 bits per heavy atom. The number of carbonyl (C=O) groups excluding carboxylic acids is 1. The number of benzene rings is 2. The van der Waals surface area contributed by atoms with Crippen molar-refractivity contribution in [3.05, 3.63) is 59.4 Å². The summed E-state index contributed by atoms with van der Waals surface area (Å²) >= 11 is 0. The van der Waals surface area contributed by atoms with Crippen molar-refractivity contribution in [1.29, 1.82) is 0 Å². The molecule has 0 spiro atoms. The van der Waals surface area contributed by atoms with Gasteiger partial charge in [-0.2, -0.15) is 0 Å². The Morgan fingerprint density at radius 1 is 1.09 bits per heavy atom. The molecule has 2 aromatic rings. The standard InChI is InChI=1S/C25H30FN3O3/c1-31-21-7-4-19-14-22(25(30)28-10-12-32-13-11-28)24-17-27(8-9-29(24)23(19)15-21)16-18-2-5-20(26)6-3-18/h2-7,15,22,24H,8-14,16-17H2,1H3/t22-,24+/m0/s1. The summed E-state index contributed by atoms with van der Waals surface area (Å²) in [6, 6.07) is 13.0. The molecule has 3 aliphatic rings. The van der Waals surface area contributed by atoms with Crippen molar-refractivity contribution in [2.45, 2.75) is 19.0 Å². The van der Waals surface area contributed by atoms with Crippen molar-refractivity contribution in [3.63, 3.8) is 0 Å². The minimum Gasteiger partial charge on any atom is -0.497 e. The van der Waals surface area contributed by atoms with E-state index in [4.69, 9.17) is 9.47 Å². The summed E-state index contributed by atoms with van der Waals surface area (Å²) in [5.74, 6) is 0.764. The van der Waals surface area contributed by atoms with Crippen LogP contribution in [0.2, 0.25) is 0 Å². The molecular formula is C25H30FN3O3. The minimum atomic E-state index is -0.215. The number of nitrogens with zero attached hydrogens (tertiary/aromatic N) is 3. The molecule has 7 heteroatoms. The van der Waals surface area contributed by atoms with E-state index in [9.17, 15) is 9.18 Å². The molecule has 5 rings (SSSR count).